The molecule has 0 heterocycles. The predicted molar refractivity (Wildman–Crippen MR) is 103 cm³/mol. The molecule has 0 bridgehead atoms. The minimum Gasteiger partial charge on any atom is -0.485 e. The van der Waals surface area contributed by atoms with Gasteiger partial charge in [-0.15, -0.1) is 0 Å². The quantitative estimate of drug-likeness (QED) is 0.539. The molecule has 0 N–H and O–H groups in total. The maximum absolute atomic E-state index is 6.12. The van der Waals surface area contributed by atoms with Crippen molar-refractivity contribution in [1.82, 2.24) is 0 Å². The number of allylic oxidation sites excluding steroid dienone is 1. The second-order valence-corrected chi connectivity index (χ2v) is 5.96. The van der Waals surface area contributed by atoms with Crippen LogP contribution < -0.4 is 9.47 Å². The van der Waals surface area contributed by atoms with Crippen LogP contribution in [0.25, 0.3) is 5.57 Å². The van der Waals surface area contributed by atoms with E-state index < -0.39 is 0 Å². The molecule has 0 atom stereocenters. The Hall–Kier alpha value is -3.00. The summed E-state index contributed by atoms with van der Waals surface area (Å²) in [6, 6.07) is 26.2. The first-order valence-electron chi connectivity index (χ1n) is 8.36. The summed E-state index contributed by atoms with van der Waals surface area (Å²) in [7, 11) is 0. The van der Waals surface area contributed by atoms with Crippen LogP contribution in [0.15, 0.2) is 85.4 Å². The number of hydrogen-bond acceptors (Lipinski definition) is 2. The standard InChI is InChI=1S/C23H22O2/c1-18(2)21-14-9-15-22(24-16-19-10-5-3-6-11-19)23(21)25-17-20-12-7-4-8-13-20/h3-15H,1,16-17H2,2H3. The lowest BCUT2D eigenvalue weighted by molar-refractivity contribution is 0.255. The third kappa shape index (κ3) is 4.51. The van der Waals surface area contributed by atoms with E-state index in [0.717, 1.165) is 33.8 Å². The zero-order chi connectivity index (χ0) is 17.5. The molecule has 3 rings (SSSR count). The number of ether oxygens (including phenoxy) is 2. The molecule has 0 amide bonds. The fourth-order valence-electron chi connectivity index (χ4n) is 2.58. The minimum absolute atomic E-state index is 0.493. The van der Waals surface area contributed by atoms with E-state index in [4.69, 9.17) is 9.47 Å². The highest BCUT2D eigenvalue weighted by molar-refractivity contribution is 5.70. The Morgan fingerprint density at radius 2 is 1.28 bits per heavy atom. The van der Waals surface area contributed by atoms with Crippen molar-refractivity contribution in [3.05, 3.63) is 102 Å². The van der Waals surface area contributed by atoms with Crippen molar-refractivity contribution in [2.24, 2.45) is 0 Å². The van der Waals surface area contributed by atoms with Gasteiger partial charge in [0, 0.05) is 5.56 Å². The van der Waals surface area contributed by atoms with Gasteiger partial charge < -0.3 is 9.47 Å². The van der Waals surface area contributed by atoms with Crippen LogP contribution in [0.3, 0.4) is 0 Å². The molecule has 0 aromatic heterocycles. The Labute approximate surface area is 149 Å². The van der Waals surface area contributed by atoms with Gasteiger partial charge in [-0.25, -0.2) is 0 Å². The predicted octanol–water partition coefficient (Wildman–Crippen LogP) is 5.88. The Morgan fingerprint density at radius 1 is 0.720 bits per heavy atom. The fourth-order valence-corrected chi connectivity index (χ4v) is 2.58. The number of rotatable bonds is 7. The molecule has 2 nitrogen and oxygen atoms in total. The summed E-state index contributed by atoms with van der Waals surface area (Å²) in [6.07, 6.45) is 0. The van der Waals surface area contributed by atoms with E-state index in [1.54, 1.807) is 0 Å². The van der Waals surface area contributed by atoms with Gasteiger partial charge in [-0.3, -0.25) is 0 Å². The van der Waals surface area contributed by atoms with Gasteiger partial charge in [0.1, 0.15) is 13.2 Å². The van der Waals surface area contributed by atoms with E-state index >= 15 is 0 Å². The molecule has 2 heteroatoms. The SMILES string of the molecule is C=C(C)c1cccc(OCc2ccccc2)c1OCc1ccccc1. The second-order valence-electron chi connectivity index (χ2n) is 5.96. The average Bonchev–Trinajstić information content (AvgIpc) is 2.66. The highest BCUT2D eigenvalue weighted by atomic mass is 16.5. The molecule has 126 valence electrons. The number of hydrogen-bond donors (Lipinski definition) is 0. The van der Waals surface area contributed by atoms with Crippen molar-refractivity contribution in [3.63, 3.8) is 0 Å². The molecule has 3 aromatic carbocycles. The largest absolute Gasteiger partial charge is 0.485 e. The van der Waals surface area contributed by atoms with E-state index in [0.29, 0.717) is 13.2 Å². The summed E-state index contributed by atoms with van der Waals surface area (Å²) in [6.45, 7) is 7.04. The minimum atomic E-state index is 0.493. The van der Waals surface area contributed by atoms with Crippen molar-refractivity contribution in [2.75, 3.05) is 0 Å². The average molecular weight is 330 g/mol. The summed E-state index contributed by atoms with van der Waals surface area (Å²) in [5, 5.41) is 0. The third-order valence-corrected chi connectivity index (χ3v) is 3.90. The Bertz CT molecular complexity index is 823. The van der Waals surface area contributed by atoms with Gasteiger partial charge >= 0.3 is 0 Å². The van der Waals surface area contributed by atoms with Crippen molar-refractivity contribution >= 4 is 5.57 Å². The maximum atomic E-state index is 6.12. The van der Waals surface area contributed by atoms with Gasteiger partial charge in [-0.2, -0.15) is 0 Å². The van der Waals surface area contributed by atoms with Crippen LogP contribution in [0, 0.1) is 0 Å². The Balaban J connectivity index is 1.81. The van der Waals surface area contributed by atoms with Crippen LogP contribution in [0.1, 0.15) is 23.6 Å². The molecule has 0 saturated carbocycles. The molecule has 0 aliphatic heterocycles. The van der Waals surface area contributed by atoms with E-state index in [-0.39, 0.29) is 0 Å². The smallest absolute Gasteiger partial charge is 0.169 e. The molecule has 0 aliphatic rings. The molecule has 0 fully saturated rings. The number of para-hydroxylation sites is 1. The van der Waals surface area contributed by atoms with Crippen molar-refractivity contribution < 1.29 is 9.47 Å². The van der Waals surface area contributed by atoms with Crippen LogP contribution in [-0.2, 0) is 13.2 Å². The first kappa shape index (κ1) is 16.8. The molecule has 0 aliphatic carbocycles. The summed E-state index contributed by atoms with van der Waals surface area (Å²) in [4.78, 5) is 0. The van der Waals surface area contributed by atoms with Crippen LogP contribution >= 0.6 is 0 Å². The van der Waals surface area contributed by atoms with E-state index in [2.05, 4.69) is 6.58 Å². The van der Waals surface area contributed by atoms with Crippen molar-refractivity contribution in [1.29, 1.82) is 0 Å². The van der Waals surface area contributed by atoms with Gasteiger partial charge in [0.25, 0.3) is 0 Å². The van der Waals surface area contributed by atoms with Crippen LogP contribution in [0.5, 0.6) is 11.5 Å². The summed E-state index contributed by atoms with van der Waals surface area (Å²) < 4.78 is 12.2. The highest BCUT2D eigenvalue weighted by Crippen LogP contribution is 2.36. The van der Waals surface area contributed by atoms with Gasteiger partial charge in [-0.1, -0.05) is 79.4 Å². The lowest BCUT2D eigenvalue weighted by atomic mass is 10.1. The summed E-state index contributed by atoms with van der Waals surface area (Å²) in [5.41, 5.74) is 4.17. The van der Waals surface area contributed by atoms with Gasteiger partial charge in [0.15, 0.2) is 11.5 Å². The molecular formula is C23H22O2. The molecule has 25 heavy (non-hydrogen) atoms. The van der Waals surface area contributed by atoms with E-state index in [1.807, 2.05) is 85.8 Å². The van der Waals surface area contributed by atoms with Gasteiger partial charge in [-0.05, 0) is 29.7 Å². The molecule has 0 unspecified atom stereocenters. The zero-order valence-electron chi connectivity index (χ0n) is 14.4. The highest BCUT2D eigenvalue weighted by Gasteiger charge is 2.12. The molecular weight excluding hydrogens is 308 g/mol. The lowest BCUT2D eigenvalue weighted by Crippen LogP contribution is -2.02. The van der Waals surface area contributed by atoms with Crippen molar-refractivity contribution in [2.45, 2.75) is 20.1 Å². The third-order valence-electron chi connectivity index (χ3n) is 3.90. The summed E-state index contributed by atoms with van der Waals surface area (Å²) in [5.74, 6) is 1.48. The first-order valence-corrected chi connectivity index (χ1v) is 8.36. The molecule has 0 radical (unpaired) electrons. The fraction of sp³-hybridized carbons (Fsp3) is 0.130. The van der Waals surface area contributed by atoms with Crippen LogP contribution in [0.4, 0.5) is 0 Å². The van der Waals surface area contributed by atoms with Crippen LogP contribution in [0.2, 0.25) is 0 Å². The summed E-state index contributed by atoms with van der Waals surface area (Å²) >= 11 is 0. The van der Waals surface area contributed by atoms with Gasteiger partial charge in [0.05, 0.1) is 0 Å². The zero-order valence-corrected chi connectivity index (χ0v) is 14.4. The topological polar surface area (TPSA) is 18.5 Å². The Morgan fingerprint density at radius 3 is 1.84 bits per heavy atom. The van der Waals surface area contributed by atoms with Crippen molar-refractivity contribution in [3.8, 4) is 11.5 Å². The molecule has 0 saturated heterocycles. The van der Waals surface area contributed by atoms with E-state index in [1.165, 1.54) is 0 Å². The first-order chi connectivity index (χ1) is 12.2. The lowest BCUT2D eigenvalue weighted by Gasteiger charge is -2.17. The monoisotopic (exact) mass is 330 g/mol. The number of benzene rings is 3. The van der Waals surface area contributed by atoms with Gasteiger partial charge in [0.2, 0.25) is 0 Å². The second kappa shape index (κ2) is 8.20. The van der Waals surface area contributed by atoms with Crippen LogP contribution in [-0.4, -0.2) is 0 Å². The molecule has 3 aromatic rings. The Kier molecular flexibility index (Phi) is 5.53. The maximum Gasteiger partial charge on any atom is 0.169 e. The molecule has 0 spiro atoms. The normalized spacial score (nSPS) is 10.3. The van der Waals surface area contributed by atoms with E-state index in [9.17, 15) is 0 Å².